The lowest BCUT2D eigenvalue weighted by Gasteiger charge is -2.63. The summed E-state index contributed by atoms with van der Waals surface area (Å²) in [6.45, 7) is 5.50. The highest BCUT2D eigenvalue weighted by molar-refractivity contribution is 5.16. The fourth-order valence-electron chi connectivity index (χ4n) is 8.20. The summed E-state index contributed by atoms with van der Waals surface area (Å²) < 4.78 is 0. The summed E-state index contributed by atoms with van der Waals surface area (Å²) in [6.07, 6.45) is 11.9. The summed E-state index contributed by atoms with van der Waals surface area (Å²) in [4.78, 5) is 0. The molecular weight excluding hydrogens is 326 g/mol. The summed E-state index contributed by atoms with van der Waals surface area (Å²) in [7, 11) is 0. The maximum absolute atomic E-state index is 12.0. The van der Waals surface area contributed by atoms with Crippen LogP contribution in [0, 0.1) is 34.5 Å². The molecule has 4 saturated carbocycles. The van der Waals surface area contributed by atoms with Gasteiger partial charge < -0.3 is 15.4 Å². The third-order valence-electron chi connectivity index (χ3n) is 9.86. The van der Waals surface area contributed by atoms with E-state index in [1.54, 1.807) is 0 Å². The minimum Gasteiger partial charge on any atom is -0.393 e. The van der Waals surface area contributed by atoms with Crippen molar-refractivity contribution in [2.24, 2.45) is 34.5 Å². The summed E-state index contributed by atoms with van der Waals surface area (Å²) in [5.41, 5.74) is 2.15. The molecule has 0 heterocycles. The van der Waals surface area contributed by atoms with E-state index in [0.717, 1.165) is 57.8 Å². The maximum Gasteiger partial charge on any atom is 0.0734 e. The van der Waals surface area contributed by atoms with Gasteiger partial charge in [0.2, 0.25) is 0 Å². The number of nitrogens with one attached hydrogen (secondary N) is 1. The molecule has 0 aromatic heterocycles. The van der Waals surface area contributed by atoms with Crippen molar-refractivity contribution < 1.29 is 15.4 Å². The molecule has 26 heavy (non-hydrogen) atoms. The number of aliphatic hydroxyl groups is 2. The summed E-state index contributed by atoms with van der Waals surface area (Å²) in [5, 5.41) is 31.1. The predicted octanol–water partition coefficient (Wildman–Crippen LogP) is 3.88. The van der Waals surface area contributed by atoms with E-state index in [4.69, 9.17) is 5.21 Å². The molecule has 4 nitrogen and oxygen atoms in total. The molecule has 4 rings (SSSR count). The Balaban J connectivity index is 1.56. The normalized spacial score (nSPS) is 53.7. The average molecular weight is 366 g/mol. The largest absolute Gasteiger partial charge is 0.393 e. The lowest BCUT2D eigenvalue weighted by atomic mass is 9.43. The molecule has 0 unspecified atom stereocenters. The van der Waals surface area contributed by atoms with Gasteiger partial charge >= 0.3 is 0 Å². The maximum atomic E-state index is 12.0. The van der Waals surface area contributed by atoms with E-state index >= 15 is 0 Å². The molecule has 4 aliphatic carbocycles. The van der Waals surface area contributed by atoms with Gasteiger partial charge in [-0.2, -0.15) is 0 Å². The number of hydrogen-bond donors (Lipinski definition) is 4. The third-order valence-corrected chi connectivity index (χ3v) is 9.86. The van der Waals surface area contributed by atoms with Crippen LogP contribution in [0.1, 0.15) is 84.5 Å². The molecule has 0 spiro atoms. The monoisotopic (exact) mass is 365 g/mol. The van der Waals surface area contributed by atoms with E-state index in [1.165, 1.54) is 12.8 Å². The Morgan fingerprint density at radius 1 is 0.962 bits per heavy atom. The molecule has 150 valence electrons. The highest BCUT2D eigenvalue weighted by atomic mass is 16.5. The van der Waals surface area contributed by atoms with Gasteiger partial charge in [0.25, 0.3) is 0 Å². The second-order valence-electron chi connectivity index (χ2n) is 10.6. The first-order chi connectivity index (χ1) is 12.3. The molecule has 0 amide bonds. The molecule has 8 atom stereocenters. The summed E-state index contributed by atoms with van der Waals surface area (Å²) >= 11 is 0. The van der Waals surface area contributed by atoms with Crippen LogP contribution in [0.3, 0.4) is 0 Å². The first-order valence-electron chi connectivity index (χ1n) is 11.1. The Bertz CT molecular complexity index is 528. The minimum absolute atomic E-state index is 0.0427. The zero-order valence-corrected chi connectivity index (χ0v) is 16.7. The number of rotatable bonds is 4. The van der Waals surface area contributed by atoms with Crippen molar-refractivity contribution in [3.63, 3.8) is 0 Å². The highest BCUT2D eigenvalue weighted by Crippen LogP contribution is 2.69. The molecule has 4 fully saturated rings. The number of aliphatic hydroxyl groups excluding tert-OH is 1. The summed E-state index contributed by atoms with van der Waals surface area (Å²) in [6, 6.07) is 0. The Morgan fingerprint density at radius 2 is 1.77 bits per heavy atom. The second kappa shape index (κ2) is 6.72. The van der Waals surface area contributed by atoms with Crippen LogP contribution in [-0.4, -0.2) is 33.7 Å². The van der Waals surface area contributed by atoms with Crippen LogP contribution >= 0.6 is 0 Å². The van der Waals surface area contributed by atoms with Crippen molar-refractivity contribution in [3.8, 4) is 0 Å². The Hall–Kier alpha value is -0.160. The second-order valence-corrected chi connectivity index (χ2v) is 10.6. The van der Waals surface area contributed by atoms with Gasteiger partial charge in [0.1, 0.15) is 0 Å². The van der Waals surface area contributed by atoms with Gasteiger partial charge in [-0.1, -0.05) is 13.8 Å². The van der Waals surface area contributed by atoms with E-state index in [0.29, 0.717) is 35.6 Å². The van der Waals surface area contributed by atoms with E-state index in [2.05, 4.69) is 19.3 Å². The van der Waals surface area contributed by atoms with Gasteiger partial charge in [-0.3, -0.25) is 0 Å². The molecular formula is C22H39NO3. The molecule has 0 aromatic rings. The van der Waals surface area contributed by atoms with Crippen molar-refractivity contribution in [2.45, 2.75) is 96.2 Å². The summed E-state index contributed by atoms with van der Waals surface area (Å²) in [5.74, 6) is 2.30. The molecule has 0 radical (unpaired) electrons. The van der Waals surface area contributed by atoms with E-state index in [-0.39, 0.29) is 11.5 Å². The van der Waals surface area contributed by atoms with E-state index in [1.807, 2.05) is 0 Å². The van der Waals surface area contributed by atoms with Crippen molar-refractivity contribution in [3.05, 3.63) is 0 Å². The van der Waals surface area contributed by atoms with Crippen molar-refractivity contribution >= 4 is 0 Å². The van der Waals surface area contributed by atoms with Crippen molar-refractivity contribution in [1.82, 2.24) is 5.48 Å². The average Bonchev–Trinajstić information content (AvgIpc) is 2.88. The quantitative estimate of drug-likeness (QED) is 0.451. The number of hydrogen-bond acceptors (Lipinski definition) is 4. The SMILES string of the molecule is C[C@]12CC[C@H](O)C[C@H]1CC[C@@H]1[C@@H]2CC[C@]2(C)[C@@H](CCCNO)CC[C@]12O. The zero-order chi connectivity index (χ0) is 18.6. The smallest absolute Gasteiger partial charge is 0.0734 e. The van der Waals surface area contributed by atoms with Crippen molar-refractivity contribution in [1.29, 1.82) is 0 Å². The molecule has 4 heteroatoms. The van der Waals surface area contributed by atoms with Gasteiger partial charge in [-0.05, 0) is 105 Å². The van der Waals surface area contributed by atoms with Gasteiger partial charge in [0.15, 0.2) is 0 Å². The lowest BCUT2D eigenvalue weighted by Crippen LogP contribution is -2.62. The predicted molar refractivity (Wildman–Crippen MR) is 102 cm³/mol. The number of hydroxylamine groups is 1. The Morgan fingerprint density at radius 3 is 2.54 bits per heavy atom. The minimum atomic E-state index is -0.503. The fourth-order valence-corrected chi connectivity index (χ4v) is 8.20. The van der Waals surface area contributed by atoms with Crippen LogP contribution in [0.4, 0.5) is 0 Å². The van der Waals surface area contributed by atoms with Gasteiger partial charge in [-0.25, -0.2) is 5.48 Å². The van der Waals surface area contributed by atoms with E-state index < -0.39 is 5.60 Å². The van der Waals surface area contributed by atoms with Crippen molar-refractivity contribution in [2.75, 3.05) is 6.54 Å². The van der Waals surface area contributed by atoms with Gasteiger partial charge in [-0.15, -0.1) is 0 Å². The van der Waals surface area contributed by atoms with Crippen LogP contribution in [0.15, 0.2) is 0 Å². The molecule has 0 aliphatic heterocycles. The zero-order valence-electron chi connectivity index (χ0n) is 16.7. The standard InChI is InChI=1S/C22H39NO3/c1-20-10-8-17(24)14-16(20)5-6-19-18(20)9-11-21(2)15(4-3-13-23-26)7-12-22(19,21)25/h15-19,23-26H,3-14H2,1-2H3/t15-,16+,17-,18-,19+,20-,21+,22-/m0/s1. The Kier molecular flexibility index (Phi) is 4.95. The lowest BCUT2D eigenvalue weighted by molar-refractivity contribution is -0.210. The van der Waals surface area contributed by atoms with Gasteiger partial charge in [0, 0.05) is 6.54 Å². The molecule has 0 bridgehead atoms. The third kappa shape index (κ3) is 2.62. The topological polar surface area (TPSA) is 72.7 Å². The Labute approximate surface area is 158 Å². The first-order valence-corrected chi connectivity index (χ1v) is 11.1. The van der Waals surface area contributed by atoms with Crippen LogP contribution in [0.5, 0.6) is 0 Å². The van der Waals surface area contributed by atoms with Crippen LogP contribution in [-0.2, 0) is 0 Å². The van der Waals surface area contributed by atoms with Crippen LogP contribution in [0.25, 0.3) is 0 Å². The fraction of sp³-hybridized carbons (Fsp3) is 1.00. The van der Waals surface area contributed by atoms with Crippen LogP contribution in [0.2, 0.25) is 0 Å². The van der Waals surface area contributed by atoms with E-state index in [9.17, 15) is 10.2 Å². The highest BCUT2D eigenvalue weighted by Gasteiger charge is 2.66. The molecule has 0 aromatic carbocycles. The van der Waals surface area contributed by atoms with Crippen LogP contribution < -0.4 is 5.48 Å². The molecule has 0 saturated heterocycles. The molecule has 4 aliphatic rings. The first kappa shape index (κ1) is 19.2. The van der Waals surface area contributed by atoms with Gasteiger partial charge in [0.05, 0.1) is 11.7 Å². The number of fused-ring (bicyclic) bond motifs is 5. The molecule has 4 N–H and O–H groups in total.